The predicted molar refractivity (Wildman–Crippen MR) is 86.9 cm³/mol. The second-order valence-electron chi connectivity index (χ2n) is 4.75. The molecule has 0 amide bonds. The molecule has 0 spiro atoms. The highest BCUT2D eigenvalue weighted by Gasteiger charge is 2.12. The fourth-order valence-corrected chi connectivity index (χ4v) is 3.48. The zero-order valence-electron chi connectivity index (χ0n) is 11.2. The molecule has 0 aliphatic heterocycles. The van der Waals surface area contributed by atoms with Gasteiger partial charge in [-0.2, -0.15) is 0 Å². The van der Waals surface area contributed by atoms with E-state index in [1.807, 2.05) is 24.3 Å². The number of nitrogens with zero attached hydrogens (tertiary/aromatic N) is 2. The van der Waals surface area contributed by atoms with Crippen LogP contribution in [0.1, 0.15) is 0 Å². The molecule has 4 rings (SSSR count). The Morgan fingerprint density at radius 2 is 1.95 bits per heavy atom. The van der Waals surface area contributed by atoms with E-state index in [1.165, 1.54) is 24.2 Å². The van der Waals surface area contributed by atoms with Gasteiger partial charge in [-0.15, -0.1) is 0 Å². The zero-order chi connectivity index (χ0) is 15.1. The van der Waals surface area contributed by atoms with Gasteiger partial charge in [0.2, 0.25) is 0 Å². The van der Waals surface area contributed by atoms with E-state index in [0.29, 0.717) is 0 Å². The molecule has 6 heteroatoms. The van der Waals surface area contributed by atoms with Crippen LogP contribution >= 0.6 is 23.4 Å². The number of aromatic nitrogens is 3. The number of fused-ring (bicyclic) bond motifs is 3. The van der Waals surface area contributed by atoms with E-state index in [9.17, 15) is 4.39 Å². The molecule has 0 atom stereocenters. The molecule has 0 aliphatic rings. The first-order chi connectivity index (χ1) is 10.7. The maximum Gasteiger partial charge on any atom is 0.141 e. The lowest BCUT2D eigenvalue weighted by Gasteiger charge is -2.03. The minimum Gasteiger partial charge on any atom is -0.351 e. The van der Waals surface area contributed by atoms with Gasteiger partial charge >= 0.3 is 0 Å². The third-order valence-electron chi connectivity index (χ3n) is 3.36. The van der Waals surface area contributed by atoms with Crippen molar-refractivity contribution in [1.82, 2.24) is 15.0 Å². The summed E-state index contributed by atoms with van der Waals surface area (Å²) in [7, 11) is 0. The van der Waals surface area contributed by atoms with Crippen molar-refractivity contribution < 1.29 is 4.39 Å². The molecular formula is C16H9ClFN3S. The van der Waals surface area contributed by atoms with Crippen molar-refractivity contribution in [3.05, 3.63) is 59.6 Å². The average Bonchev–Trinajstić information content (AvgIpc) is 2.91. The van der Waals surface area contributed by atoms with Crippen LogP contribution in [0.15, 0.2) is 58.7 Å². The van der Waals surface area contributed by atoms with Gasteiger partial charge < -0.3 is 4.98 Å². The summed E-state index contributed by atoms with van der Waals surface area (Å²) in [6.45, 7) is 0. The number of nitrogens with one attached hydrogen (secondary N) is 1. The van der Waals surface area contributed by atoms with Crippen LogP contribution < -0.4 is 0 Å². The molecule has 0 saturated carbocycles. The van der Waals surface area contributed by atoms with Gasteiger partial charge in [0.05, 0.1) is 10.5 Å². The van der Waals surface area contributed by atoms with E-state index in [2.05, 4.69) is 15.0 Å². The number of hydrogen-bond donors (Lipinski definition) is 1. The van der Waals surface area contributed by atoms with Crippen LogP contribution in [0.4, 0.5) is 4.39 Å². The third kappa shape index (κ3) is 2.23. The van der Waals surface area contributed by atoms with Crippen molar-refractivity contribution >= 4 is 45.3 Å². The SMILES string of the molecule is Fc1ccc(Sc2ncnc3c2[nH]c2ccccc23)cc1Cl. The maximum atomic E-state index is 13.3. The highest BCUT2D eigenvalue weighted by Crippen LogP contribution is 2.34. The fraction of sp³-hybridized carbons (Fsp3) is 0. The van der Waals surface area contributed by atoms with Crippen LogP contribution in [-0.4, -0.2) is 15.0 Å². The third-order valence-corrected chi connectivity index (χ3v) is 4.64. The number of H-pyrrole nitrogens is 1. The number of halogens is 2. The van der Waals surface area contributed by atoms with E-state index in [-0.39, 0.29) is 5.02 Å². The number of benzene rings is 2. The summed E-state index contributed by atoms with van der Waals surface area (Å²) in [5, 5.41) is 1.94. The smallest absolute Gasteiger partial charge is 0.141 e. The van der Waals surface area contributed by atoms with Gasteiger partial charge in [-0.1, -0.05) is 41.6 Å². The molecule has 0 fully saturated rings. The summed E-state index contributed by atoms with van der Waals surface area (Å²) in [5.41, 5.74) is 2.76. The normalized spacial score (nSPS) is 11.4. The molecule has 2 heterocycles. The van der Waals surface area contributed by atoms with E-state index in [0.717, 1.165) is 31.9 Å². The summed E-state index contributed by atoms with van der Waals surface area (Å²) < 4.78 is 13.3. The maximum absolute atomic E-state index is 13.3. The lowest BCUT2D eigenvalue weighted by molar-refractivity contribution is 0.627. The Hall–Kier alpha value is -2.11. The van der Waals surface area contributed by atoms with Crippen molar-refractivity contribution in [1.29, 1.82) is 0 Å². The van der Waals surface area contributed by atoms with Gasteiger partial charge in [0.15, 0.2) is 0 Å². The average molecular weight is 330 g/mol. The largest absolute Gasteiger partial charge is 0.351 e. The Balaban J connectivity index is 1.86. The Kier molecular flexibility index (Phi) is 3.24. The van der Waals surface area contributed by atoms with Crippen molar-refractivity contribution in [3.8, 4) is 0 Å². The van der Waals surface area contributed by atoms with Crippen LogP contribution in [0.25, 0.3) is 21.9 Å². The molecule has 1 N–H and O–H groups in total. The van der Waals surface area contributed by atoms with Crippen LogP contribution in [0.2, 0.25) is 5.02 Å². The molecule has 3 nitrogen and oxygen atoms in total. The standard InChI is InChI=1S/C16H9ClFN3S/c17-11-7-9(5-6-12(11)18)22-16-15-14(19-8-20-16)10-3-1-2-4-13(10)21-15/h1-8,21H. The Bertz CT molecular complexity index is 999. The van der Waals surface area contributed by atoms with Crippen molar-refractivity contribution in [2.75, 3.05) is 0 Å². The molecule has 0 unspecified atom stereocenters. The summed E-state index contributed by atoms with van der Waals surface area (Å²) in [6.07, 6.45) is 1.54. The molecule has 108 valence electrons. The summed E-state index contributed by atoms with van der Waals surface area (Å²) in [6, 6.07) is 12.6. The van der Waals surface area contributed by atoms with Crippen LogP contribution in [0, 0.1) is 5.82 Å². The lowest BCUT2D eigenvalue weighted by Crippen LogP contribution is -1.86. The van der Waals surface area contributed by atoms with Gasteiger partial charge in [-0.3, -0.25) is 0 Å². The first-order valence-electron chi connectivity index (χ1n) is 6.57. The summed E-state index contributed by atoms with van der Waals surface area (Å²) in [4.78, 5) is 12.9. The number of hydrogen-bond acceptors (Lipinski definition) is 3. The van der Waals surface area contributed by atoms with Gasteiger partial charge in [0.25, 0.3) is 0 Å². The van der Waals surface area contributed by atoms with Gasteiger partial charge in [-0.25, -0.2) is 14.4 Å². The lowest BCUT2D eigenvalue weighted by atomic mass is 10.2. The van der Waals surface area contributed by atoms with E-state index >= 15 is 0 Å². The quantitative estimate of drug-likeness (QED) is 0.523. The molecule has 0 saturated heterocycles. The topological polar surface area (TPSA) is 41.6 Å². The number of aromatic amines is 1. The van der Waals surface area contributed by atoms with Gasteiger partial charge in [0.1, 0.15) is 22.7 Å². The second-order valence-corrected chi connectivity index (χ2v) is 6.22. The zero-order valence-corrected chi connectivity index (χ0v) is 12.7. The van der Waals surface area contributed by atoms with Crippen molar-refractivity contribution in [3.63, 3.8) is 0 Å². The van der Waals surface area contributed by atoms with Crippen LogP contribution in [-0.2, 0) is 0 Å². The molecule has 2 aromatic carbocycles. The molecular weight excluding hydrogens is 321 g/mol. The first-order valence-corrected chi connectivity index (χ1v) is 7.76. The second kappa shape index (κ2) is 5.26. The molecule has 2 aromatic heterocycles. The van der Waals surface area contributed by atoms with Gasteiger partial charge in [0, 0.05) is 15.8 Å². The van der Waals surface area contributed by atoms with Crippen LogP contribution in [0.5, 0.6) is 0 Å². The van der Waals surface area contributed by atoms with E-state index in [1.54, 1.807) is 12.1 Å². The summed E-state index contributed by atoms with van der Waals surface area (Å²) >= 11 is 7.26. The highest BCUT2D eigenvalue weighted by atomic mass is 35.5. The van der Waals surface area contributed by atoms with Crippen molar-refractivity contribution in [2.45, 2.75) is 9.92 Å². The molecule has 4 aromatic rings. The highest BCUT2D eigenvalue weighted by molar-refractivity contribution is 7.99. The Labute approximate surface area is 134 Å². The van der Waals surface area contributed by atoms with Crippen molar-refractivity contribution in [2.24, 2.45) is 0 Å². The molecule has 0 bridgehead atoms. The molecule has 22 heavy (non-hydrogen) atoms. The minimum absolute atomic E-state index is 0.104. The Morgan fingerprint density at radius 3 is 2.82 bits per heavy atom. The number of para-hydroxylation sites is 1. The Morgan fingerprint density at radius 1 is 1.09 bits per heavy atom. The predicted octanol–water partition coefficient (Wildman–Crippen LogP) is 5.05. The monoisotopic (exact) mass is 329 g/mol. The first kappa shape index (κ1) is 13.5. The van der Waals surface area contributed by atoms with Crippen LogP contribution in [0.3, 0.4) is 0 Å². The minimum atomic E-state index is -0.426. The summed E-state index contributed by atoms with van der Waals surface area (Å²) in [5.74, 6) is -0.426. The van der Waals surface area contributed by atoms with E-state index < -0.39 is 5.82 Å². The van der Waals surface area contributed by atoms with Gasteiger partial charge in [-0.05, 0) is 24.3 Å². The van der Waals surface area contributed by atoms with E-state index in [4.69, 9.17) is 11.6 Å². The molecule has 0 radical (unpaired) electrons. The fourth-order valence-electron chi connectivity index (χ4n) is 2.35. The number of rotatable bonds is 2. The molecule has 0 aliphatic carbocycles.